The highest BCUT2D eigenvalue weighted by atomic mass is 35.5. The van der Waals surface area contributed by atoms with Crippen LogP contribution >= 0.6 is 47.2 Å². The predicted molar refractivity (Wildman–Crippen MR) is 141 cm³/mol. The molecule has 0 saturated carbocycles. The zero-order valence-corrected chi connectivity index (χ0v) is 21.0. The second-order valence-electron chi connectivity index (χ2n) is 7.39. The summed E-state index contributed by atoms with van der Waals surface area (Å²) < 4.78 is 6.08. The second kappa shape index (κ2) is 10.6. The molecule has 172 valence electrons. The maximum atomic E-state index is 12.9. The number of carbonyl (C=O) groups excluding carboxylic acids is 2. The maximum Gasteiger partial charge on any atom is 0.285 e. The SMILES string of the molecule is Cc1ccc(C(=O)NN2C(=O)/C(=C\c3cccc(OCc4ccccc4Cl)c3)SC2=S)c(Cl)c1. The minimum absolute atomic E-state index is 0.221. The van der Waals surface area contributed by atoms with Crippen molar-refractivity contribution in [1.29, 1.82) is 0 Å². The third-order valence-corrected chi connectivity index (χ3v) is 6.87. The van der Waals surface area contributed by atoms with Gasteiger partial charge in [0.2, 0.25) is 0 Å². The number of hydrazine groups is 1. The molecule has 0 bridgehead atoms. The van der Waals surface area contributed by atoms with Gasteiger partial charge in [0.15, 0.2) is 4.32 Å². The van der Waals surface area contributed by atoms with E-state index in [4.69, 9.17) is 40.2 Å². The van der Waals surface area contributed by atoms with E-state index in [0.29, 0.717) is 27.3 Å². The van der Waals surface area contributed by atoms with Gasteiger partial charge in [-0.05, 0) is 66.7 Å². The van der Waals surface area contributed by atoms with Crippen LogP contribution < -0.4 is 10.2 Å². The summed E-state index contributed by atoms with van der Waals surface area (Å²) in [5, 5.41) is 1.99. The van der Waals surface area contributed by atoms with Gasteiger partial charge in [-0.3, -0.25) is 15.0 Å². The summed E-state index contributed by atoms with van der Waals surface area (Å²) in [7, 11) is 0. The first-order valence-corrected chi connectivity index (χ1v) is 12.1. The maximum absolute atomic E-state index is 12.9. The molecule has 34 heavy (non-hydrogen) atoms. The molecule has 3 aromatic rings. The van der Waals surface area contributed by atoms with Crippen LogP contribution in [-0.2, 0) is 11.4 Å². The number of rotatable bonds is 6. The lowest BCUT2D eigenvalue weighted by Gasteiger charge is -2.16. The fourth-order valence-corrected chi connectivity index (χ4v) is 4.84. The normalized spacial score (nSPS) is 14.6. The van der Waals surface area contributed by atoms with Gasteiger partial charge in [0.25, 0.3) is 11.8 Å². The Kier molecular flexibility index (Phi) is 7.58. The molecule has 0 aliphatic carbocycles. The fourth-order valence-electron chi connectivity index (χ4n) is 3.15. The number of amides is 2. The highest BCUT2D eigenvalue weighted by Gasteiger charge is 2.34. The molecule has 1 N–H and O–H groups in total. The smallest absolute Gasteiger partial charge is 0.285 e. The summed E-state index contributed by atoms with van der Waals surface area (Å²) in [6, 6.07) is 19.8. The van der Waals surface area contributed by atoms with Gasteiger partial charge in [-0.15, -0.1) is 0 Å². The van der Waals surface area contributed by atoms with E-state index in [2.05, 4.69) is 5.43 Å². The molecule has 1 aliphatic rings. The van der Waals surface area contributed by atoms with Crippen LogP contribution in [0.25, 0.3) is 6.08 Å². The number of nitrogens with one attached hydrogen (secondary N) is 1. The topological polar surface area (TPSA) is 58.6 Å². The summed E-state index contributed by atoms with van der Waals surface area (Å²) in [5.74, 6) is -0.307. The monoisotopic (exact) mass is 528 g/mol. The summed E-state index contributed by atoms with van der Waals surface area (Å²) >= 11 is 18.8. The van der Waals surface area contributed by atoms with Gasteiger partial charge < -0.3 is 4.74 Å². The Hall–Kier alpha value is -2.84. The van der Waals surface area contributed by atoms with Gasteiger partial charge >= 0.3 is 0 Å². The van der Waals surface area contributed by atoms with E-state index in [1.165, 1.54) is 0 Å². The number of thiocarbonyl (C=S) groups is 1. The van der Waals surface area contributed by atoms with Crippen LogP contribution in [0.4, 0.5) is 0 Å². The van der Waals surface area contributed by atoms with Crippen molar-refractivity contribution in [2.75, 3.05) is 0 Å². The molecule has 5 nitrogen and oxygen atoms in total. The number of hydrogen-bond donors (Lipinski definition) is 1. The van der Waals surface area contributed by atoms with Crippen LogP contribution in [0.3, 0.4) is 0 Å². The number of nitrogens with zero attached hydrogens (tertiary/aromatic N) is 1. The largest absolute Gasteiger partial charge is 0.489 e. The second-order valence-corrected chi connectivity index (χ2v) is 9.88. The molecule has 9 heteroatoms. The van der Waals surface area contributed by atoms with Crippen LogP contribution in [0, 0.1) is 6.92 Å². The number of carbonyl (C=O) groups is 2. The Labute approximate surface area is 216 Å². The molecule has 1 saturated heterocycles. The van der Waals surface area contributed by atoms with Gasteiger partial charge in [0, 0.05) is 10.6 Å². The van der Waals surface area contributed by atoms with E-state index in [1.807, 2.05) is 55.5 Å². The lowest BCUT2D eigenvalue weighted by Crippen LogP contribution is -2.44. The van der Waals surface area contributed by atoms with Crippen LogP contribution in [0.5, 0.6) is 5.75 Å². The van der Waals surface area contributed by atoms with Crippen molar-refractivity contribution in [3.63, 3.8) is 0 Å². The molecular weight excluding hydrogens is 511 g/mol. The molecule has 4 rings (SSSR count). The highest BCUT2D eigenvalue weighted by Crippen LogP contribution is 2.32. The lowest BCUT2D eigenvalue weighted by atomic mass is 10.1. The molecule has 0 unspecified atom stereocenters. The quantitative estimate of drug-likeness (QED) is 0.295. The first-order valence-electron chi connectivity index (χ1n) is 10.1. The van der Waals surface area contributed by atoms with Crippen molar-refractivity contribution < 1.29 is 14.3 Å². The molecule has 1 heterocycles. The third kappa shape index (κ3) is 5.62. The number of aryl methyl sites for hydroxylation is 1. The van der Waals surface area contributed by atoms with Crippen molar-refractivity contribution in [2.45, 2.75) is 13.5 Å². The summed E-state index contributed by atoms with van der Waals surface area (Å²) in [5.41, 5.74) is 5.36. The molecule has 0 spiro atoms. The number of ether oxygens (including phenoxy) is 1. The number of halogens is 2. The first kappa shape index (κ1) is 24.3. The van der Waals surface area contributed by atoms with Crippen molar-refractivity contribution in [3.8, 4) is 5.75 Å². The molecule has 3 aromatic carbocycles. The van der Waals surface area contributed by atoms with E-state index < -0.39 is 11.8 Å². The molecule has 0 atom stereocenters. The van der Waals surface area contributed by atoms with E-state index in [9.17, 15) is 9.59 Å². The van der Waals surface area contributed by atoms with Crippen LogP contribution in [0.15, 0.2) is 71.6 Å². The van der Waals surface area contributed by atoms with Gasteiger partial charge in [0.05, 0.1) is 15.5 Å². The first-order chi connectivity index (χ1) is 16.3. The Morgan fingerprint density at radius 2 is 1.88 bits per heavy atom. The molecule has 0 radical (unpaired) electrons. The minimum atomic E-state index is -0.516. The highest BCUT2D eigenvalue weighted by molar-refractivity contribution is 8.26. The van der Waals surface area contributed by atoms with Crippen molar-refractivity contribution in [3.05, 3.63) is 104 Å². The summed E-state index contributed by atoms with van der Waals surface area (Å²) in [4.78, 5) is 25.9. The zero-order valence-electron chi connectivity index (χ0n) is 17.9. The number of thioether (sulfide) groups is 1. The minimum Gasteiger partial charge on any atom is -0.489 e. The summed E-state index contributed by atoms with van der Waals surface area (Å²) in [6.45, 7) is 2.19. The Bertz CT molecular complexity index is 1330. The van der Waals surface area contributed by atoms with Gasteiger partial charge in [-0.2, -0.15) is 5.01 Å². The zero-order chi connectivity index (χ0) is 24.2. The Balaban J connectivity index is 1.46. The summed E-state index contributed by atoms with van der Waals surface area (Å²) in [6.07, 6.45) is 1.70. The molecule has 1 aliphatic heterocycles. The van der Waals surface area contributed by atoms with Crippen molar-refractivity contribution in [2.24, 2.45) is 0 Å². The Morgan fingerprint density at radius 1 is 1.09 bits per heavy atom. The van der Waals surface area contributed by atoms with Crippen molar-refractivity contribution >= 4 is 69.4 Å². The third-order valence-electron chi connectivity index (χ3n) is 4.88. The van der Waals surface area contributed by atoms with Crippen LogP contribution in [-0.4, -0.2) is 21.1 Å². The predicted octanol–water partition coefficient (Wildman–Crippen LogP) is 6.43. The molecular formula is C25H18Cl2N2O3S2. The van der Waals surface area contributed by atoms with E-state index >= 15 is 0 Å². The van der Waals surface area contributed by atoms with E-state index in [1.54, 1.807) is 24.3 Å². The van der Waals surface area contributed by atoms with Gasteiger partial charge in [0.1, 0.15) is 12.4 Å². The standard InChI is InChI=1S/C25H18Cl2N2O3S2/c1-15-9-10-19(21(27)11-15)23(30)28-29-24(31)22(34-25(29)33)13-16-5-4-7-18(12-16)32-14-17-6-2-3-8-20(17)26/h2-13H,14H2,1H3,(H,28,30)/b22-13+. The molecule has 2 amide bonds. The molecule has 0 aromatic heterocycles. The number of hydrogen-bond acceptors (Lipinski definition) is 5. The van der Waals surface area contributed by atoms with Gasteiger partial charge in [-0.25, -0.2) is 0 Å². The van der Waals surface area contributed by atoms with Crippen LogP contribution in [0.1, 0.15) is 27.0 Å². The van der Waals surface area contributed by atoms with Crippen LogP contribution in [0.2, 0.25) is 10.0 Å². The lowest BCUT2D eigenvalue weighted by molar-refractivity contribution is -0.123. The van der Waals surface area contributed by atoms with Gasteiger partial charge in [-0.1, -0.05) is 71.4 Å². The van der Waals surface area contributed by atoms with E-state index in [0.717, 1.165) is 33.5 Å². The van der Waals surface area contributed by atoms with Crippen molar-refractivity contribution in [1.82, 2.24) is 10.4 Å². The average Bonchev–Trinajstić information content (AvgIpc) is 3.06. The average molecular weight is 529 g/mol. The number of benzene rings is 3. The Morgan fingerprint density at radius 3 is 2.65 bits per heavy atom. The van der Waals surface area contributed by atoms with E-state index in [-0.39, 0.29) is 9.88 Å². The molecule has 1 fully saturated rings. The fraction of sp³-hybridized carbons (Fsp3) is 0.0800.